The zero-order chi connectivity index (χ0) is 11.5. The first-order valence-electron chi connectivity index (χ1n) is 5.45. The molecule has 1 aliphatic carbocycles. The quantitative estimate of drug-likeness (QED) is 0.685. The lowest BCUT2D eigenvalue weighted by molar-refractivity contribution is 0.0870. The van der Waals surface area contributed by atoms with Gasteiger partial charge in [-0.15, -0.1) is 12.6 Å². The molecule has 0 bridgehead atoms. The van der Waals surface area contributed by atoms with Crippen molar-refractivity contribution in [3.63, 3.8) is 0 Å². The van der Waals surface area contributed by atoms with E-state index < -0.39 is 6.10 Å². The van der Waals surface area contributed by atoms with Crippen molar-refractivity contribution in [1.29, 1.82) is 0 Å². The molecule has 4 heteroatoms. The molecule has 0 radical (unpaired) electrons. The van der Waals surface area contributed by atoms with Gasteiger partial charge in [-0.25, -0.2) is 0 Å². The van der Waals surface area contributed by atoms with Gasteiger partial charge in [0.25, 0.3) is 5.91 Å². The van der Waals surface area contributed by atoms with E-state index in [-0.39, 0.29) is 11.9 Å². The van der Waals surface area contributed by atoms with Gasteiger partial charge in [0.1, 0.15) is 0 Å². The van der Waals surface area contributed by atoms with Gasteiger partial charge in [0.05, 0.1) is 17.7 Å². The van der Waals surface area contributed by atoms with E-state index in [9.17, 15) is 9.90 Å². The van der Waals surface area contributed by atoms with E-state index in [4.69, 9.17) is 0 Å². The highest BCUT2D eigenvalue weighted by molar-refractivity contribution is 7.80. The number of benzene rings is 1. The standard InChI is InChI=1S/C12H15NO2S/c14-10-6-3-5-9(10)13-12(15)8-4-1-2-7-11(8)16/h1-2,4,7,9-10,14,16H,3,5-6H2,(H,13,15). The van der Waals surface area contributed by atoms with Crippen LogP contribution in [0.25, 0.3) is 0 Å². The molecule has 1 amide bonds. The Kier molecular flexibility index (Phi) is 3.51. The van der Waals surface area contributed by atoms with Crippen molar-refractivity contribution < 1.29 is 9.90 Å². The van der Waals surface area contributed by atoms with Crippen LogP contribution in [0.15, 0.2) is 29.2 Å². The fraction of sp³-hybridized carbons (Fsp3) is 0.417. The number of nitrogens with one attached hydrogen (secondary N) is 1. The number of rotatable bonds is 2. The number of hydrogen-bond acceptors (Lipinski definition) is 3. The highest BCUT2D eigenvalue weighted by atomic mass is 32.1. The van der Waals surface area contributed by atoms with Crippen LogP contribution in [0, 0.1) is 0 Å². The highest BCUT2D eigenvalue weighted by Crippen LogP contribution is 2.20. The maximum Gasteiger partial charge on any atom is 0.252 e. The zero-order valence-electron chi connectivity index (χ0n) is 8.89. The van der Waals surface area contributed by atoms with Gasteiger partial charge in [0.2, 0.25) is 0 Å². The van der Waals surface area contributed by atoms with Gasteiger partial charge >= 0.3 is 0 Å². The second kappa shape index (κ2) is 4.89. The van der Waals surface area contributed by atoms with E-state index in [0.717, 1.165) is 19.3 Å². The minimum Gasteiger partial charge on any atom is -0.391 e. The van der Waals surface area contributed by atoms with E-state index >= 15 is 0 Å². The summed E-state index contributed by atoms with van der Waals surface area (Å²) >= 11 is 4.23. The molecule has 0 aliphatic heterocycles. The van der Waals surface area contributed by atoms with Crippen LogP contribution < -0.4 is 5.32 Å². The number of carbonyl (C=O) groups is 1. The third-order valence-electron chi connectivity index (χ3n) is 2.94. The molecule has 0 heterocycles. The smallest absolute Gasteiger partial charge is 0.252 e. The molecule has 86 valence electrons. The molecular weight excluding hydrogens is 222 g/mol. The third kappa shape index (κ3) is 2.39. The van der Waals surface area contributed by atoms with Crippen molar-refractivity contribution in [1.82, 2.24) is 5.32 Å². The van der Waals surface area contributed by atoms with Gasteiger partial charge in [-0.05, 0) is 31.4 Å². The Labute approximate surface area is 100 Å². The Hall–Kier alpha value is -1.00. The zero-order valence-corrected chi connectivity index (χ0v) is 9.78. The number of aliphatic hydroxyl groups is 1. The normalized spacial score (nSPS) is 24.4. The fourth-order valence-electron chi connectivity index (χ4n) is 2.02. The summed E-state index contributed by atoms with van der Waals surface area (Å²) in [6.07, 6.45) is 2.18. The van der Waals surface area contributed by atoms with Crippen molar-refractivity contribution in [2.45, 2.75) is 36.3 Å². The average Bonchev–Trinajstić information content (AvgIpc) is 2.65. The summed E-state index contributed by atoms with van der Waals surface area (Å²) < 4.78 is 0. The Morgan fingerprint density at radius 3 is 2.75 bits per heavy atom. The number of thiol groups is 1. The van der Waals surface area contributed by atoms with Crippen molar-refractivity contribution in [3.05, 3.63) is 29.8 Å². The molecule has 1 aromatic rings. The molecule has 3 nitrogen and oxygen atoms in total. The predicted molar refractivity (Wildman–Crippen MR) is 64.8 cm³/mol. The van der Waals surface area contributed by atoms with E-state index in [1.54, 1.807) is 18.2 Å². The van der Waals surface area contributed by atoms with Crippen LogP contribution >= 0.6 is 12.6 Å². The summed E-state index contributed by atoms with van der Waals surface area (Å²) in [6.45, 7) is 0. The molecule has 1 aliphatic rings. The summed E-state index contributed by atoms with van der Waals surface area (Å²) in [7, 11) is 0. The predicted octanol–water partition coefficient (Wildman–Crippen LogP) is 1.62. The van der Waals surface area contributed by atoms with E-state index in [0.29, 0.717) is 10.5 Å². The average molecular weight is 237 g/mol. The van der Waals surface area contributed by atoms with Gasteiger partial charge < -0.3 is 10.4 Å². The highest BCUT2D eigenvalue weighted by Gasteiger charge is 2.27. The Balaban J connectivity index is 2.06. The molecule has 0 saturated heterocycles. The van der Waals surface area contributed by atoms with Gasteiger partial charge in [-0.3, -0.25) is 4.79 Å². The SMILES string of the molecule is O=C(NC1CCCC1O)c1ccccc1S. The fourth-order valence-corrected chi connectivity index (χ4v) is 2.28. The second-order valence-electron chi connectivity index (χ2n) is 4.10. The first-order valence-corrected chi connectivity index (χ1v) is 5.90. The molecular formula is C12H15NO2S. The van der Waals surface area contributed by atoms with Gasteiger partial charge in [0, 0.05) is 4.90 Å². The van der Waals surface area contributed by atoms with Gasteiger partial charge in [-0.2, -0.15) is 0 Å². The van der Waals surface area contributed by atoms with E-state index in [1.165, 1.54) is 0 Å². The molecule has 0 spiro atoms. The third-order valence-corrected chi connectivity index (χ3v) is 3.33. The monoisotopic (exact) mass is 237 g/mol. The van der Waals surface area contributed by atoms with Crippen molar-refractivity contribution in [2.75, 3.05) is 0 Å². The number of hydrogen-bond donors (Lipinski definition) is 3. The van der Waals surface area contributed by atoms with Gasteiger partial charge in [0.15, 0.2) is 0 Å². The summed E-state index contributed by atoms with van der Waals surface area (Å²) in [4.78, 5) is 12.6. The minimum absolute atomic E-state index is 0.111. The number of aliphatic hydroxyl groups excluding tert-OH is 1. The lowest BCUT2D eigenvalue weighted by Gasteiger charge is -2.16. The lowest BCUT2D eigenvalue weighted by atomic mass is 10.1. The maximum absolute atomic E-state index is 11.9. The largest absolute Gasteiger partial charge is 0.391 e. The van der Waals surface area contributed by atoms with Crippen molar-refractivity contribution in [3.8, 4) is 0 Å². The molecule has 1 fully saturated rings. The lowest BCUT2D eigenvalue weighted by Crippen LogP contribution is -2.39. The van der Waals surface area contributed by atoms with Crippen molar-refractivity contribution in [2.24, 2.45) is 0 Å². The molecule has 1 aromatic carbocycles. The molecule has 2 rings (SSSR count). The van der Waals surface area contributed by atoms with Crippen LogP contribution in [0.1, 0.15) is 29.6 Å². The van der Waals surface area contributed by atoms with Crippen LogP contribution in [-0.2, 0) is 0 Å². The van der Waals surface area contributed by atoms with Crippen LogP contribution in [0.5, 0.6) is 0 Å². The summed E-state index contributed by atoms with van der Waals surface area (Å²) in [5, 5.41) is 12.5. The minimum atomic E-state index is -0.406. The van der Waals surface area contributed by atoms with Crippen LogP contribution in [0.3, 0.4) is 0 Å². The molecule has 1 saturated carbocycles. The van der Waals surface area contributed by atoms with E-state index in [2.05, 4.69) is 17.9 Å². The molecule has 2 N–H and O–H groups in total. The van der Waals surface area contributed by atoms with Crippen LogP contribution in [-0.4, -0.2) is 23.2 Å². The summed E-state index contributed by atoms with van der Waals surface area (Å²) in [6, 6.07) is 7.05. The molecule has 2 unspecified atom stereocenters. The van der Waals surface area contributed by atoms with Crippen LogP contribution in [0.4, 0.5) is 0 Å². The topological polar surface area (TPSA) is 49.3 Å². The van der Waals surface area contributed by atoms with Crippen molar-refractivity contribution >= 4 is 18.5 Å². The number of amides is 1. The summed E-state index contributed by atoms with van der Waals surface area (Å²) in [5.74, 6) is -0.156. The Morgan fingerprint density at radius 2 is 2.12 bits per heavy atom. The second-order valence-corrected chi connectivity index (χ2v) is 4.58. The van der Waals surface area contributed by atoms with Gasteiger partial charge in [-0.1, -0.05) is 12.1 Å². The number of carbonyl (C=O) groups excluding carboxylic acids is 1. The Morgan fingerprint density at radius 1 is 1.38 bits per heavy atom. The Bertz CT molecular complexity index is 394. The molecule has 16 heavy (non-hydrogen) atoms. The molecule has 0 aromatic heterocycles. The van der Waals surface area contributed by atoms with Crippen LogP contribution in [0.2, 0.25) is 0 Å². The summed E-state index contributed by atoms with van der Waals surface area (Å²) in [5.41, 5.74) is 0.560. The molecule has 2 atom stereocenters. The first-order chi connectivity index (χ1) is 7.68. The first kappa shape index (κ1) is 11.5. The van der Waals surface area contributed by atoms with E-state index in [1.807, 2.05) is 6.07 Å². The maximum atomic E-state index is 11.9.